The summed E-state index contributed by atoms with van der Waals surface area (Å²) in [5, 5.41) is 19.1. The minimum Gasteiger partial charge on any atom is -0.453 e. The van der Waals surface area contributed by atoms with Crippen LogP contribution >= 0.6 is 0 Å². The number of ether oxygens (including phenoxy) is 4. The minimum absolute atomic E-state index is 0.381. The van der Waals surface area contributed by atoms with E-state index >= 15 is 0 Å². The summed E-state index contributed by atoms with van der Waals surface area (Å²) in [5.74, 6) is -1.43. The van der Waals surface area contributed by atoms with Gasteiger partial charge in [-0.3, -0.25) is 0 Å². The zero-order valence-corrected chi connectivity index (χ0v) is 12.9. The second-order valence-electron chi connectivity index (χ2n) is 6.06. The molecule has 0 amide bonds. The first-order valence-electron chi connectivity index (χ1n) is 7.47. The predicted molar refractivity (Wildman–Crippen MR) is 77.4 cm³/mol. The number of fused-ring (bicyclic) bond motifs is 1. The molecule has 7 heteroatoms. The van der Waals surface area contributed by atoms with Crippen molar-refractivity contribution in [2.75, 3.05) is 6.61 Å². The number of aliphatic hydroxyl groups is 2. The maximum absolute atomic E-state index is 12.3. The summed E-state index contributed by atoms with van der Waals surface area (Å²) in [7, 11) is 0. The van der Waals surface area contributed by atoms with Crippen LogP contribution < -0.4 is 0 Å². The molecule has 0 radical (unpaired) electrons. The van der Waals surface area contributed by atoms with E-state index in [4.69, 9.17) is 18.9 Å². The van der Waals surface area contributed by atoms with Crippen molar-refractivity contribution in [2.24, 2.45) is 0 Å². The summed E-state index contributed by atoms with van der Waals surface area (Å²) < 4.78 is 22.4. The maximum atomic E-state index is 12.3. The zero-order valence-electron chi connectivity index (χ0n) is 12.9. The van der Waals surface area contributed by atoms with Gasteiger partial charge in [0.15, 0.2) is 24.3 Å². The summed E-state index contributed by atoms with van der Waals surface area (Å²) in [6.07, 6.45) is -4.42. The van der Waals surface area contributed by atoms with Gasteiger partial charge in [0.25, 0.3) is 0 Å². The van der Waals surface area contributed by atoms with Gasteiger partial charge in [-0.1, -0.05) is 18.2 Å². The Kier molecular flexibility index (Phi) is 4.39. The normalized spacial score (nSPS) is 33.2. The van der Waals surface area contributed by atoms with Crippen molar-refractivity contribution in [3.8, 4) is 0 Å². The van der Waals surface area contributed by atoms with Gasteiger partial charge >= 0.3 is 5.97 Å². The van der Waals surface area contributed by atoms with Crippen LogP contribution in [0.15, 0.2) is 30.3 Å². The van der Waals surface area contributed by atoms with Gasteiger partial charge in [0.2, 0.25) is 0 Å². The monoisotopic (exact) mass is 324 g/mol. The predicted octanol–water partition coefficient (Wildman–Crippen LogP) is 0.442. The van der Waals surface area contributed by atoms with E-state index in [9.17, 15) is 15.0 Å². The lowest BCUT2D eigenvalue weighted by Crippen LogP contribution is -2.45. The van der Waals surface area contributed by atoms with E-state index in [0.717, 1.165) is 0 Å². The SMILES string of the molecule is CC1(C)O[C@@H]2O[C@@H]([C@@H](O)CO)[C@@H](OC(=O)c3ccccc3)[C@@H]2O1. The van der Waals surface area contributed by atoms with Gasteiger partial charge in [-0.2, -0.15) is 0 Å². The molecule has 126 valence electrons. The first-order valence-corrected chi connectivity index (χ1v) is 7.47. The van der Waals surface area contributed by atoms with Crippen molar-refractivity contribution < 1.29 is 34.0 Å². The summed E-state index contributed by atoms with van der Waals surface area (Å²) >= 11 is 0. The van der Waals surface area contributed by atoms with Crippen LogP contribution in [0.1, 0.15) is 24.2 Å². The Morgan fingerprint density at radius 3 is 2.65 bits per heavy atom. The second-order valence-corrected chi connectivity index (χ2v) is 6.06. The van der Waals surface area contributed by atoms with Crippen LogP contribution in [0.4, 0.5) is 0 Å². The number of hydrogen-bond acceptors (Lipinski definition) is 7. The molecule has 2 aliphatic rings. The highest BCUT2D eigenvalue weighted by Gasteiger charge is 2.58. The fraction of sp³-hybridized carbons (Fsp3) is 0.562. The Morgan fingerprint density at radius 2 is 2.00 bits per heavy atom. The molecule has 7 nitrogen and oxygen atoms in total. The molecule has 2 fully saturated rings. The molecule has 1 aromatic carbocycles. The number of carbonyl (C=O) groups excluding carboxylic acids is 1. The molecular formula is C16H20O7. The van der Waals surface area contributed by atoms with Gasteiger partial charge < -0.3 is 29.2 Å². The van der Waals surface area contributed by atoms with E-state index in [0.29, 0.717) is 5.56 Å². The zero-order chi connectivity index (χ0) is 16.6. The lowest BCUT2D eigenvalue weighted by atomic mass is 10.1. The quantitative estimate of drug-likeness (QED) is 0.776. The van der Waals surface area contributed by atoms with Crippen LogP contribution in [-0.2, 0) is 18.9 Å². The molecule has 23 heavy (non-hydrogen) atoms. The highest BCUT2D eigenvalue weighted by atomic mass is 16.8. The molecule has 3 rings (SSSR count). The highest BCUT2D eigenvalue weighted by Crippen LogP contribution is 2.39. The van der Waals surface area contributed by atoms with Gasteiger partial charge in [0.05, 0.1) is 12.2 Å². The largest absolute Gasteiger partial charge is 0.453 e. The lowest BCUT2D eigenvalue weighted by Gasteiger charge is -2.27. The van der Waals surface area contributed by atoms with E-state index in [-0.39, 0.29) is 0 Å². The fourth-order valence-electron chi connectivity index (χ4n) is 2.82. The number of rotatable bonds is 4. The van der Waals surface area contributed by atoms with Crippen molar-refractivity contribution in [3.63, 3.8) is 0 Å². The van der Waals surface area contributed by atoms with Crippen LogP contribution in [0, 0.1) is 0 Å². The van der Waals surface area contributed by atoms with E-state index < -0.39 is 49.1 Å². The van der Waals surface area contributed by atoms with Gasteiger partial charge in [-0.15, -0.1) is 0 Å². The summed E-state index contributed by atoms with van der Waals surface area (Å²) in [6, 6.07) is 8.50. The number of hydrogen-bond donors (Lipinski definition) is 2. The molecule has 0 bridgehead atoms. The van der Waals surface area contributed by atoms with Crippen molar-refractivity contribution in [1.29, 1.82) is 0 Å². The molecule has 2 N–H and O–H groups in total. The van der Waals surface area contributed by atoms with Gasteiger partial charge in [0.1, 0.15) is 12.2 Å². The van der Waals surface area contributed by atoms with E-state index in [1.54, 1.807) is 44.2 Å². The van der Waals surface area contributed by atoms with E-state index in [1.165, 1.54) is 0 Å². The number of esters is 1. The Labute approximate surface area is 133 Å². The van der Waals surface area contributed by atoms with Crippen LogP contribution in [0.3, 0.4) is 0 Å². The highest BCUT2D eigenvalue weighted by molar-refractivity contribution is 5.89. The van der Waals surface area contributed by atoms with E-state index in [2.05, 4.69) is 0 Å². The van der Waals surface area contributed by atoms with Gasteiger partial charge in [-0.25, -0.2) is 4.79 Å². The van der Waals surface area contributed by atoms with Crippen molar-refractivity contribution >= 4 is 5.97 Å². The number of carbonyl (C=O) groups is 1. The Hall–Kier alpha value is -1.51. The standard InChI is InChI=1S/C16H20O7/c1-16(2)22-13-12(11(10(18)8-17)21-15(13)23-16)20-14(19)9-6-4-3-5-7-9/h3-7,10-13,15,17-18H,8H2,1-2H3/t10-,11-,12+,13-,15-/m0/s1. The van der Waals surface area contributed by atoms with E-state index in [1.807, 2.05) is 0 Å². The number of benzene rings is 1. The molecule has 2 aliphatic heterocycles. The lowest BCUT2D eigenvalue weighted by molar-refractivity contribution is -0.227. The van der Waals surface area contributed by atoms with Crippen LogP contribution in [-0.4, -0.2) is 59.3 Å². The minimum atomic E-state index is -1.20. The third-order valence-electron chi connectivity index (χ3n) is 3.85. The summed E-state index contributed by atoms with van der Waals surface area (Å²) in [6.45, 7) is 2.93. The van der Waals surface area contributed by atoms with Crippen LogP contribution in [0.5, 0.6) is 0 Å². The molecule has 1 aromatic rings. The number of aliphatic hydroxyl groups excluding tert-OH is 2. The van der Waals surface area contributed by atoms with Crippen molar-refractivity contribution in [3.05, 3.63) is 35.9 Å². The Balaban J connectivity index is 1.79. The second kappa shape index (κ2) is 6.18. The molecule has 0 aromatic heterocycles. The third kappa shape index (κ3) is 3.24. The first-order chi connectivity index (χ1) is 10.9. The average molecular weight is 324 g/mol. The maximum Gasteiger partial charge on any atom is 0.338 e. The average Bonchev–Trinajstić information content (AvgIpc) is 3.00. The molecule has 2 saturated heterocycles. The topological polar surface area (TPSA) is 94.5 Å². The van der Waals surface area contributed by atoms with Gasteiger partial charge in [-0.05, 0) is 26.0 Å². The fourth-order valence-corrected chi connectivity index (χ4v) is 2.82. The first kappa shape index (κ1) is 16.4. The molecule has 0 aliphatic carbocycles. The Bertz CT molecular complexity index is 559. The van der Waals surface area contributed by atoms with Crippen molar-refractivity contribution in [1.82, 2.24) is 0 Å². The summed E-state index contributed by atoms with van der Waals surface area (Å²) in [4.78, 5) is 12.3. The Morgan fingerprint density at radius 1 is 1.30 bits per heavy atom. The third-order valence-corrected chi connectivity index (χ3v) is 3.85. The molecular weight excluding hydrogens is 304 g/mol. The summed E-state index contributed by atoms with van der Waals surface area (Å²) in [5.41, 5.74) is 0.381. The molecule has 2 heterocycles. The molecule has 0 saturated carbocycles. The van der Waals surface area contributed by atoms with Gasteiger partial charge in [0, 0.05) is 0 Å². The van der Waals surface area contributed by atoms with Crippen LogP contribution in [0.25, 0.3) is 0 Å². The molecule has 5 atom stereocenters. The van der Waals surface area contributed by atoms with Crippen LogP contribution in [0.2, 0.25) is 0 Å². The molecule has 0 unspecified atom stereocenters. The molecule has 0 spiro atoms. The van der Waals surface area contributed by atoms with Crippen molar-refractivity contribution in [2.45, 2.75) is 50.3 Å². The smallest absolute Gasteiger partial charge is 0.338 e.